The Kier molecular flexibility index (Phi) is 5.52. The minimum absolute atomic E-state index is 0.234. The summed E-state index contributed by atoms with van der Waals surface area (Å²) in [6, 6.07) is 5.69. The fourth-order valence-corrected chi connectivity index (χ4v) is 5.69. The van der Waals surface area contributed by atoms with Crippen molar-refractivity contribution in [3.05, 3.63) is 58.0 Å². The number of aromatic nitrogens is 4. The van der Waals surface area contributed by atoms with Crippen molar-refractivity contribution in [3.8, 4) is 0 Å². The van der Waals surface area contributed by atoms with Crippen LogP contribution in [0.2, 0.25) is 0 Å². The van der Waals surface area contributed by atoms with E-state index < -0.39 is 11.9 Å². The molecule has 33 heavy (non-hydrogen) atoms. The molecule has 0 radical (unpaired) electrons. The van der Waals surface area contributed by atoms with E-state index in [0.717, 1.165) is 31.2 Å². The highest BCUT2D eigenvalue weighted by molar-refractivity contribution is 5.74. The third-order valence-electron chi connectivity index (χ3n) is 7.51. The van der Waals surface area contributed by atoms with Crippen LogP contribution in [0.1, 0.15) is 68.9 Å². The summed E-state index contributed by atoms with van der Waals surface area (Å²) >= 11 is 0. The lowest BCUT2D eigenvalue weighted by atomic mass is 9.86. The van der Waals surface area contributed by atoms with E-state index in [0.29, 0.717) is 23.4 Å². The summed E-state index contributed by atoms with van der Waals surface area (Å²) in [5.74, 6) is -1.68. The van der Waals surface area contributed by atoms with Crippen LogP contribution in [0, 0.1) is 11.7 Å². The van der Waals surface area contributed by atoms with E-state index in [9.17, 15) is 19.1 Å². The maximum atomic E-state index is 13.4. The number of hydrogen-bond donors (Lipinski definition) is 2. The molecule has 3 heterocycles. The van der Waals surface area contributed by atoms with E-state index >= 15 is 0 Å². The standard InChI is InChI=1S/C24H28FN5O3/c1-13-20(24(32)33)19(15-7-9-16(25)10-8-15)12-29(13)14(2)21-27-22-18(23(31)28-21)11-26-30(22)17-5-3-4-6-17/h7-11,13-14,17,19-20H,3-6,12H2,1-2H3,(H,32,33)(H,27,28,31)/t13?,14-,19-,20+/m1/s1. The number of H-pyrrole nitrogens is 1. The minimum atomic E-state index is -0.886. The summed E-state index contributed by atoms with van der Waals surface area (Å²) in [6.45, 7) is 4.29. The smallest absolute Gasteiger partial charge is 0.308 e. The van der Waals surface area contributed by atoms with E-state index in [1.807, 2.05) is 18.5 Å². The zero-order valence-electron chi connectivity index (χ0n) is 18.7. The number of nitrogens with zero attached hydrogens (tertiary/aromatic N) is 4. The monoisotopic (exact) mass is 453 g/mol. The molecule has 1 aliphatic heterocycles. The van der Waals surface area contributed by atoms with Crippen LogP contribution >= 0.6 is 0 Å². The van der Waals surface area contributed by atoms with Gasteiger partial charge >= 0.3 is 5.97 Å². The van der Waals surface area contributed by atoms with Gasteiger partial charge in [-0.3, -0.25) is 14.5 Å². The van der Waals surface area contributed by atoms with Crippen molar-refractivity contribution in [3.63, 3.8) is 0 Å². The van der Waals surface area contributed by atoms with Crippen LogP contribution in [0.25, 0.3) is 11.0 Å². The molecule has 0 amide bonds. The van der Waals surface area contributed by atoms with Gasteiger partial charge in [-0.05, 0) is 44.4 Å². The Morgan fingerprint density at radius 1 is 1.24 bits per heavy atom. The first-order valence-corrected chi connectivity index (χ1v) is 11.6. The van der Waals surface area contributed by atoms with Crippen LogP contribution < -0.4 is 5.56 Å². The third kappa shape index (κ3) is 3.74. The van der Waals surface area contributed by atoms with Crippen molar-refractivity contribution >= 4 is 17.0 Å². The molecule has 2 aliphatic rings. The first-order valence-electron chi connectivity index (χ1n) is 11.6. The van der Waals surface area contributed by atoms with E-state index in [-0.39, 0.29) is 35.4 Å². The van der Waals surface area contributed by atoms with Crippen LogP contribution in [0.3, 0.4) is 0 Å². The molecule has 1 aromatic carbocycles. The first kappa shape index (κ1) is 21.8. The zero-order chi connectivity index (χ0) is 23.3. The molecule has 3 aromatic rings. The maximum absolute atomic E-state index is 13.4. The SMILES string of the molecule is CC1[C@H](C(=O)O)[C@@H](c2ccc(F)cc2)CN1[C@H](C)c1nc2c(cnn2C2CCCC2)c(=O)[nH]1. The lowest BCUT2D eigenvalue weighted by molar-refractivity contribution is -0.142. The van der Waals surface area contributed by atoms with Crippen molar-refractivity contribution in [1.29, 1.82) is 0 Å². The summed E-state index contributed by atoms with van der Waals surface area (Å²) in [6.07, 6.45) is 5.92. The van der Waals surface area contributed by atoms with Gasteiger partial charge in [0, 0.05) is 18.5 Å². The second kappa shape index (κ2) is 8.37. The molecule has 1 aliphatic carbocycles. The Balaban J connectivity index is 1.50. The number of nitrogens with one attached hydrogen (secondary N) is 1. The first-order chi connectivity index (χ1) is 15.8. The highest BCUT2D eigenvalue weighted by Crippen LogP contribution is 2.41. The molecule has 9 heteroatoms. The van der Waals surface area contributed by atoms with E-state index in [2.05, 4.69) is 15.0 Å². The third-order valence-corrected chi connectivity index (χ3v) is 7.51. The van der Waals surface area contributed by atoms with Crippen molar-refractivity contribution in [2.24, 2.45) is 5.92 Å². The number of carboxylic acids is 1. The van der Waals surface area contributed by atoms with Gasteiger partial charge < -0.3 is 10.1 Å². The van der Waals surface area contributed by atoms with Gasteiger partial charge in [-0.25, -0.2) is 14.1 Å². The second-order valence-electron chi connectivity index (χ2n) is 9.35. The number of benzene rings is 1. The van der Waals surface area contributed by atoms with E-state index in [4.69, 9.17) is 4.98 Å². The molecule has 2 fully saturated rings. The number of fused-ring (bicyclic) bond motifs is 1. The number of aliphatic carboxylic acids is 1. The zero-order valence-corrected chi connectivity index (χ0v) is 18.7. The molecule has 2 N–H and O–H groups in total. The number of halogens is 1. The highest BCUT2D eigenvalue weighted by Gasteiger charge is 2.46. The van der Waals surface area contributed by atoms with Gasteiger partial charge in [-0.2, -0.15) is 5.10 Å². The molecular weight excluding hydrogens is 425 g/mol. The minimum Gasteiger partial charge on any atom is -0.481 e. The largest absolute Gasteiger partial charge is 0.481 e. The Labute approximate surface area is 190 Å². The van der Waals surface area contributed by atoms with Gasteiger partial charge in [0.05, 0.1) is 24.2 Å². The Morgan fingerprint density at radius 2 is 1.94 bits per heavy atom. The van der Waals surface area contributed by atoms with Gasteiger partial charge in [0.25, 0.3) is 5.56 Å². The summed E-state index contributed by atoms with van der Waals surface area (Å²) in [4.78, 5) is 34.8. The van der Waals surface area contributed by atoms with E-state index in [1.54, 1.807) is 18.3 Å². The fraction of sp³-hybridized carbons (Fsp3) is 0.500. The molecule has 8 nitrogen and oxygen atoms in total. The number of carbonyl (C=O) groups is 1. The molecule has 5 rings (SSSR count). The number of aromatic amines is 1. The van der Waals surface area contributed by atoms with Crippen LogP contribution in [-0.4, -0.2) is 48.3 Å². The fourth-order valence-electron chi connectivity index (χ4n) is 5.69. The van der Waals surface area contributed by atoms with Gasteiger partial charge in [0.15, 0.2) is 5.65 Å². The summed E-state index contributed by atoms with van der Waals surface area (Å²) in [5.41, 5.74) is 1.15. The molecule has 1 unspecified atom stereocenters. The molecular formula is C24H28FN5O3. The number of hydrogen-bond acceptors (Lipinski definition) is 5. The summed E-state index contributed by atoms with van der Waals surface area (Å²) in [7, 11) is 0. The van der Waals surface area contributed by atoms with Crippen LogP contribution in [0.5, 0.6) is 0 Å². The van der Waals surface area contributed by atoms with Crippen LogP contribution in [0.4, 0.5) is 4.39 Å². The van der Waals surface area contributed by atoms with Crippen LogP contribution in [-0.2, 0) is 4.79 Å². The second-order valence-corrected chi connectivity index (χ2v) is 9.35. The van der Waals surface area contributed by atoms with Gasteiger partial charge in [0.1, 0.15) is 17.0 Å². The normalized spacial score (nSPS) is 25.1. The Morgan fingerprint density at radius 3 is 2.61 bits per heavy atom. The Hall–Kier alpha value is -3.07. The van der Waals surface area contributed by atoms with Crippen LogP contribution in [0.15, 0.2) is 35.3 Å². The molecule has 1 saturated carbocycles. The predicted octanol–water partition coefficient (Wildman–Crippen LogP) is 3.62. The number of rotatable bonds is 5. The van der Waals surface area contributed by atoms with E-state index in [1.165, 1.54) is 12.1 Å². The lowest BCUT2D eigenvalue weighted by Gasteiger charge is -2.28. The van der Waals surface area contributed by atoms with Gasteiger partial charge in [-0.15, -0.1) is 0 Å². The molecule has 1 saturated heterocycles. The quantitative estimate of drug-likeness (QED) is 0.612. The molecule has 0 spiro atoms. The van der Waals surface area contributed by atoms with Crippen molar-refractivity contribution in [1.82, 2.24) is 24.6 Å². The number of carboxylic acid groups (broad SMARTS) is 1. The van der Waals surface area contributed by atoms with Gasteiger partial charge in [-0.1, -0.05) is 25.0 Å². The summed E-state index contributed by atoms with van der Waals surface area (Å²) in [5, 5.41) is 14.9. The molecule has 2 aromatic heterocycles. The average Bonchev–Trinajstić information content (AvgIpc) is 3.52. The predicted molar refractivity (Wildman–Crippen MR) is 121 cm³/mol. The Bertz CT molecular complexity index is 1230. The van der Waals surface area contributed by atoms with Crippen molar-refractivity contribution in [2.45, 2.75) is 63.6 Å². The summed E-state index contributed by atoms with van der Waals surface area (Å²) < 4.78 is 15.3. The maximum Gasteiger partial charge on any atom is 0.308 e. The molecule has 4 atom stereocenters. The molecule has 0 bridgehead atoms. The highest BCUT2D eigenvalue weighted by atomic mass is 19.1. The number of likely N-dealkylation sites (tertiary alicyclic amines) is 1. The van der Waals surface area contributed by atoms with Crippen molar-refractivity contribution < 1.29 is 14.3 Å². The van der Waals surface area contributed by atoms with Gasteiger partial charge in [0.2, 0.25) is 0 Å². The van der Waals surface area contributed by atoms with Crippen molar-refractivity contribution in [2.75, 3.05) is 6.54 Å². The lowest BCUT2D eigenvalue weighted by Crippen LogP contribution is -2.36. The topological polar surface area (TPSA) is 104 Å². The average molecular weight is 454 g/mol. The molecule has 174 valence electrons.